The molecular formula is C19H20N4O2. The second-order valence-electron chi connectivity index (χ2n) is 5.83. The molecule has 2 aromatic carbocycles. The third-order valence-corrected chi connectivity index (χ3v) is 3.81. The Bertz CT molecular complexity index is 854. The van der Waals surface area contributed by atoms with Crippen LogP contribution in [0, 0.1) is 6.92 Å². The number of hydrogen-bond donors (Lipinski definition) is 1. The first-order chi connectivity index (χ1) is 12.0. The maximum Gasteiger partial charge on any atom is 0.248 e. The number of aryl methyl sites for hydroxylation is 1. The van der Waals surface area contributed by atoms with Crippen LogP contribution >= 0.6 is 0 Å². The average molecular weight is 336 g/mol. The van der Waals surface area contributed by atoms with E-state index in [1.165, 1.54) is 16.4 Å². The average Bonchev–Trinajstić information content (AvgIpc) is 3.02. The summed E-state index contributed by atoms with van der Waals surface area (Å²) in [6, 6.07) is 15.2. The zero-order valence-electron chi connectivity index (χ0n) is 14.2. The van der Waals surface area contributed by atoms with Gasteiger partial charge in [-0.15, -0.1) is 0 Å². The lowest BCUT2D eigenvalue weighted by Gasteiger charge is -2.17. The van der Waals surface area contributed by atoms with Gasteiger partial charge in [-0.05, 0) is 43.3 Å². The SMILES string of the molecule is Cc1ccc(Oc2ccc(N(C)C(=O)Cn3cc(N)cn3)cc2)cc1. The van der Waals surface area contributed by atoms with Gasteiger partial charge >= 0.3 is 0 Å². The van der Waals surface area contributed by atoms with E-state index in [-0.39, 0.29) is 12.5 Å². The molecular weight excluding hydrogens is 316 g/mol. The molecule has 0 saturated carbocycles. The zero-order valence-corrected chi connectivity index (χ0v) is 14.2. The Morgan fingerprint density at radius 3 is 2.28 bits per heavy atom. The number of carbonyl (C=O) groups is 1. The number of likely N-dealkylation sites (N-methyl/N-ethyl adjacent to an activating group) is 1. The van der Waals surface area contributed by atoms with Crippen molar-refractivity contribution in [2.24, 2.45) is 0 Å². The lowest BCUT2D eigenvalue weighted by Crippen LogP contribution is -2.30. The molecule has 0 saturated heterocycles. The topological polar surface area (TPSA) is 73.4 Å². The first-order valence-corrected chi connectivity index (χ1v) is 7.90. The molecule has 0 aliphatic rings. The molecule has 0 aliphatic heterocycles. The van der Waals surface area contributed by atoms with Crippen molar-refractivity contribution < 1.29 is 9.53 Å². The van der Waals surface area contributed by atoms with E-state index in [4.69, 9.17) is 10.5 Å². The second kappa shape index (κ2) is 7.09. The Hall–Kier alpha value is -3.28. The number of hydrogen-bond acceptors (Lipinski definition) is 4. The fraction of sp³-hybridized carbons (Fsp3) is 0.158. The fourth-order valence-corrected chi connectivity index (χ4v) is 2.33. The third kappa shape index (κ3) is 4.17. The second-order valence-corrected chi connectivity index (χ2v) is 5.83. The molecule has 2 N–H and O–H groups in total. The lowest BCUT2D eigenvalue weighted by molar-refractivity contribution is -0.119. The summed E-state index contributed by atoms with van der Waals surface area (Å²) in [5.74, 6) is 1.41. The number of rotatable bonds is 5. The zero-order chi connectivity index (χ0) is 17.8. The molecule has 0 bridgehead atoms. The van der Waals surface area contributed by atoms with Gasteiger partial charge in [0, 0.05) is 18.9 Å². The van der Waals surface area contributed by atoms with Crippen molar-refractivity contribution in [2.45, 2.75) is 13.5 Å². The van der Waals surface area contributed by atoms with E-state index in [0.29, 0.717) is 11.4 Å². The van der Waals surface area contributed by atoms with Gasteiger partial charge in [0.1, 0.15) is 18.0 Å². The Labute approximate surface area is 146 Å². The highest BCUT2D eigenvalue weighted by Gasteiger charge is 2.12. The molecule has 128 valence electrons. The molecule has 1 aromatic heterocycles. The minimum Gasteiger partial charge on any atom is -0.457 e. The molecule has 6 nitrogen and oxygen atoms in total. The number of nitrogen functional groups attached to an aromatic ring is 1. The molecule has 1 heterocycles. The number of ether oxygens (including phenoxy) is 1. The quantitative estimate of drug-likeness (QED) is 0.776. The van der Waals surface area contributed by atoms with Gasteiger partial charge in [-0.2, -0.15) is 5.10 Å². The van der Waals surface area contributed by atoms with Crippen LogP contribution in [0.3, 0.4) is 0 Å². The van der Waals surface area contributed by atoms with Crippen molar-refractivity contribution in [1.29, 1.82) is 0 Å². The smallest absolute Gasteiger partial charge is 0.248 e. The van der Waals surface area contributed by atoms with Crippen LogP contribution in [0.4, 0.5) is 11.4 Å². The number of nitrogens with zero attached hydrogens (tertiary/aromatic N) is 3. The van der Waals surface area contributed by atoms with Crippen molar-refractivity contribution >= 4 is 17.3 Å². The van der Waals surface area contributed by atoms with Gasteiger partial charge in [-0.1, -0.05) is 17.7 Å². The Morgan fingerprint density at radius 1 is 1.12 bits per heavy atom. The minimum absolute atomic E-state index is 0.0877. The van der Waals surface area contributed by atoms with Crippen molar-refractivity contribution in [1.82, 2.24) is 9.78 Å². The van der Waals surface area contributed by atoms with E-state index in [9.17, 15) is 4.79 Å². The number of benzene rings is 2. The number of amides is 1. The minimum atomic E-state index is -0.0877. The molecule has 3 rings (SSSR count). The first kappa shape index (κ1) is 16.6. The van der Waals surface area contributed by atoms with Crippen molar-refractivity contribution in [3.63, 3.8) is 0 Å². The number of carbonyl (C=O) groups excluding carboxylic acids is 1. The summed E-state index contributed by atoms with van der Waals surface area (Å²) in [4.78, 5) is 13.9. The van der Waals surface area contributed by atoms with E-state index in [2.05, 4.69) is 5.10 Å². The van der Waals surface area contributed by atoms with Crippen LogP contribution in [-0.4, -0.2) is 22.7 Å². The number of aromatic nitrogens is 2. The predicted octanol–water partition coefficient (Wildman–Crippen LogP) is 3.23. The molecule has 25 heavy (non-hydrogen) atoms. The van der Waals surface area contributed by atoms with Crippen LogP contribution in [-0.2, 0) is 11.3 Å². The normalized spacial score (nSPS) is 10.5. The lowest BCUT2D eigenvalue weighted by atomic mass is 10.2. The van der Waals surface area contributed by atoms with Crippen LogP contribution in [0.1, 0.15) is 5.56 Å². The van der Waals surface area contributed by atoms with Crippen LogP contribution in [0.2, 0.25) is 0 Å². The molecule has 0 atom stereocenters. The van der Waals surface area contributed by atoms with Crippen molar-refractivity contribution in [3.8, 4) is 11.5 Å². The molecule has 0 unspecified atom stereocenters. The van der Waals surface area contributed by atoms with Crippen molar-refractivity contribution in [3.05, 3.63) is 66.5 Å². The van der Waals surface area contributed by atoms with Gasteiger partial charge in [0.15, 0.2) is 0 Å². The maximum atomic E-state index is 12.3. The van der Waals surface area contributed by atoms with E-state index in [1.807, 2.05) is 55.5 Å². The van der Waals surface area contributed by atoms with E-state index in [0.717, 1.165) is 11.4 Å². The van der Waals surface area contributed by atoms with E-state index < -0.39 is 0 Å². The van der Waals surface area contributed by atoms with Gasteiger partial charge in [-0.25, -0.2) is 0 Å². The maximum absolute atomic E-state index is 12.3. The third-order valence-electron chi connectivity index (χ3n) is 3.81. The Balaban J connectivity index is 1.64. The standard InChI is InChI=1S/C19H20N4O2/c1-14-3-7-17(8-4-14)25-18-9-5-16(6-10-18)22(2)19(24)13-23-12-15(20)11-21-23/h3-12H,13,20H2,1-2H3. The monoisotopic (exact) mass is 336 g/mol. The highest BCUT2D eigenvalue weighted by Crippen LogP contribution is 2.24. The van der Waals surface area contributed by atoms with Crippen LogP contribution in [0.25, 0.3) is 0 Å². The van der Waals surface area contributed by atoms with Gasteiger partial charge < -0.3 is 15.4 Å². The summed E-state index contributed by atoms with van der Waals surface area (Å²) in [7, 11) is 1.73. The summed E-state index contributed by atoms with van der Waals surface area (Å²) in [6.07, 6.45) is 3.15. The van der Waals surface area contributed by atoms with E-state index >= 15 is 0 Å². The summed E-state index contributed by atoms with van der Waals surface area (Å²) in [6.45, 7) is 2.17. The molecule has 1 amide bonds. The molecule has 0 radical (unpaired) electrons. The first-order valence-electron chi connectivity index (χ1n) is 7.90. The number of nitrogens with two attached hydrogens (primary N) is 1. The van der Waals surface area contributed by atoms with Gasteiger partial charge in [0.2, 0.25) is 5.91 Å². The predicted molar refractivity (Wildman–Crippen MR) is 97.7 cm³/mol. The summed E-state index contributed by atoms with van der Waals surface area (Å²) in [5, 5.41) is 4.02. The summed E-state index contributed by atoms with van der Waals surface area (Å²) < 4.78 is 7.31. The van der Waals surface area contributed by atoms with E-state index in [1.54, 1.807) is 18.1 Å². The summed E-state index contributed by atoms with van der Waals surface area (Å²) in [5.41, 5.74) is 8.10. The Kier molecular flexibility index (Phi) is 4.70. The highest BCUT2D eigenvalue weighted by atomic mass is 16.5. The summed E-state index contributed by atoms with van der Waals surface area (Å²) >= 11 is 0. The number of anilines is 2. The largest absolute Gasteiger partial charge is 0.457 e. The fourth-order valence-electron chi connectivity index (χ4n) is 2.33. The van der Waals surface area contributed by atoms with Crippen molar-refractivity contribution in [2.75, 3.05) is 17.7 Å². The molecule has 0 aliphatic carbocycles. The highest BCUT2D eigenvalue weighted by molar-refractivity contribution is 5.92. The molecule has 0 fully saturated rings. The van der Waals surface area contributed by atoms with Gasteiger partial charge in [-0.3, -0.25) is 9.48 Å². The Morgan fingerprint density at radius 2 is 1.72 bits per heavy atom. The van der Waals surface area contributed by atoms with Crippen LogP contribution in [0.15, 0.2) is 60.9 Å². The van der Waals surface area contributed by atoms with Crippen LogP contribution < -0.4 is 15.4 Å². The van der Waals surface area contributed by atoms with Gasteiger partial charge in [0.25, 0.3) is 0 Å². The molecule has 6 heteroatoms. The van der Waals surface area contributed by atoms with Crippen LogP contribution in [0.5, 0.6) is 11.5 Å². The molecule has 0 spiro atoms. The molecule has 3 aromatic rings. The van der Waals surface area contributed by atoms with Gasteiger partial charge in [0.05, 0.1) is 11.9 Å².